The Labute approximate surface area is 343 Å². The third-order valence-corrected chi connectivity index (χ3v) is 26.5. The minimum absolute atomic E-state index is 0.00332. The van der Waals surface area contributed by atoms with Crippen LogP contribution >= 0.6 is 0 Å². The maximum Gasteiger partial charge on any atom is 0.193 e. The predicted molar refractivity (Wildman–Crippen MR) is 243 cm³/mol. The lowest BCUT2D eigenvalue weighted by atomic mass is 9.91. The number of ether oxygens (including phenoxy) is 2. The molecular weight excluding hydrogens is 733 g/mol. The fraction of sp³-hybridized carbons (Fsp3) is 0.783. The first-order valence-electron chi connectivity index (χ1n) is 21.3. The Balaban J connectivity index is 2.10. The molecule has 6 nitrogen and oxygen atoms in total. The predicted octanol–water partition coefficient (Wildman–Crippen LogP) is 12.9. The second kappa shape index (κ2) is 20.9. The van der Waals surface area contributed by atoms with Gasteiger partial charge in [0.05, 0.1) is 43.2 Å². The summed E-state index contributed by atoms with van der Waals surface area (Å²) in [6, 6.07) is 0. The molecule has 0 spiro atoms. The highest BCUT2D eigenvalue weighted by molar-refractivity contribution is 6.75. The van der Waals surface area contributed by atoms with Gasteiger partial charge in [-0.15, -0.1) is 0 Å². The van der Waals surface area contributed by atoms with Crippen molar-refractivity contribution in [2.45, 2.75) is 212 Å². The Morgan fingerprint density at radius 1 is 0.909 bits per heavy atom. The van der Waals surface area contributed by atoms with Crippen molar-refractivity contribution in [2.75, 3.05) is 13.2 Å². The molecule has 0 aromatic rings. The molecule has 0 aromatic heterocycles. The van der Waals surface area contributed by atoms with Gasteiger partial charge in [-0.1, -0.05) is 129 Å². The molecule has 2 rings (SSSR count). The Bertz CT molecular complexity index is 1310. The monoisotopic (exact) mass is 819 g/mol. The van der Waals surface area contributed by atoms with Gasteiger partial charge in [-0.2, -0.15) is 0 Å². The molecule has 2 aliphatic rings. The van der Waals surface area contributed by atoms with E-state index in [4.69, 9.17) is 22.8 Å². The van der Waals surface area contributed by atoms with Gasteiger partial charge in [-0.25, -0.2) is 0 Å². The summed E-state index contributed by atoms with van der Waals surface area (Å²) in [6.07, 6.45) is 20.1. The van der Waals surface area contributed by atoms with Gasteiger partial charge in [0.15, 0.2) is 25.0 Å². The molecule has 0 amide bonds. The van der Waals surface area contributed by atoms with Crippen molar-refractivity contribution in [3.8, 4) is 0 Å². The topological polar surface area (TPSA) is 66.4 Å². The smallest absolute Gasteiger partial charge is 0.193 e. The van der Waals surface area contributed by atoms with Crippen LogP contribution in [0.1, 0.15) is 121 Å². The van der Waals surface area contributed by atoms with Crippen LogP contribution in [0.15, 0.2) is 60.3 Å². The summed E-state index contributed by atoms with van der Waals surface area (Å²) in [5.41, 5.74) is 2.53. The van der Waals surface area contributed by atoms with E-state index in [9.17, 15) is 5.11 Å². The van der Waals surface area contributed by atoms with Crippen molar-refractivity contribution in [3.05, 3.63) is 60.3 Å². The molecule has 0 bridgehead atoms. The van der Waals surface area contributed by atoms with Crippen LogP contribution in [0.25, 0.3) is 0 Å². The molecular formula is C46H86O6Si3. The Hall–Kier alpha value is -0.889. The third kappa shape index (κ3) is 17.1. The van der Waals surface area contributed by atoms with Gasteiger partial charge in [0.25, 0.3) is 0 Å². The van der Waals surface area contributed by atoms with E-state index < -0.39 is 37.2 Å². The highest BCUT2D eigenvalue weighted by atomic mass is 28.4. The van der Waals surface area contributed by atoms with Crippen LogP contribution in [0.4, 0.5) is 0 Å². The SMILES string of the molecule is C=C(CC(C=CC[C@H](O)[C@H](C=C[C@@H]1CC(C)=CCO1)O[Si](C)(C)C(C)(C)C)O[Si](C)(C)C(C)(C)C)C[C@H](C)C[C@@H]1CC=C[C@@H](CCO[Si](C)(C)C(C)(C)C)O1. The van der Waals surface area contributed by atoms with Gasteiger partial charge in [-0.05, 0) is 112 Å². The van der Waals surface area contributed by atoms with Crippen LogP contribution in [-0.2, 0) is 22.8 Å². The first kappa shape index (κ1) is 50.3. The maximum atomic E-state index is 11.7. The molecule has 7 atom stereocenters. The van der Waals surface area contributed by atoms with Gasteiger partial charge in [0.1, 0.15) is 0 Å². The van der Waals surface area contributed by atoms with Crippen molar-refractivity contribution >= 4 is 25.0 Å². The quantitative estimate of drug-likeness (QED) is 0.0975. The summed E-state index contributed by atoms with van der Waals surface area (Å²) in [5.74, 6) is 0.444. The maximum absolute atomic E-state index is 11.7. The summed E-state index contributed by atoms with van der Waals surface area (Å²) in [4.78, 5) is 0. The average molecular weight is 819 g/mol. The van der Waals surface area contributed by atoms with Gasteiger partial charge < -0.3 is 27.9 Å². The van der Waals surface area contributed by atoms with Crippen LogP contribution in [0.3, 0.4) is 0 Å². The molecule has 0 radical (unpaired) electrons. The van der Waals surface area contributed by atoms with E-state index in [1.54, 1.807) is 0 Å². The number of aliphatic hydroxyl groups is 1. The minimum atomic E-state index is -2.16. The van der Waals surface area contributed by atoms with E-state index in [-0.39, 0.29) is 39.5 Å². The van der Waals surface area contributed by atoms with E-state index in [1.165, 1.54) is 11.1 Å². The molecule has 2 aliphatic heterocycles. The van der Waals surface area contributed by atoms with Crippen LogP contribution in [0, 0.1) is 5.92 Å². The lowest BCUT2D eigenvalue weighted by Gasteiger charge is -2.40. The molecule has 318 valence electrons. The third-order valence-electron chi connectivity index (χ3n) is 13.0. The van der Waals surface area contributed by atoms with Crippen LogP contribution in [0.2, 0.25) is 54.4 Å². The average Bonchev–Trinajstić information content (AvgIpc) is 3.01. The van der Waals surface area contributed by atoms with Crippen LogP contribution < -0.4 is 0 Å². The second-order valence-electron chi connectivity index (χ2n) is 21.4. The summed E-state index contributed by atoms with van der Waals surface area (Å²) in [5, 5.41) is 12.0. The van der Waals surface area contributed by atoms with E-state index in [0.29, 0.717) is 18.9 Å². The molecule has 1 unspecified atom stereocenters. The van der Waals surface area contributed by atoms with Crippen LogP contribution in [0.5, 0.6) is 0 Å². The summed E-state index contributed by atoms with van der Waals surface area (Å²) in [6.45, 7) is 44.6. The molecule has 0 fully saturated rings. The fourth-order valence-corrected chi connectivity index (χ4v) is 9.79. The summed E-state index contributed by atoms with van der Waals surface area (Å²) in [7, 11) is -6.00. The molecule has 1 N–H and O–H groups in total. The minimum Gasteiger partial charge on any atom is -0.417 e. The first-order valence-corrected chi connectivity index (χ1v) is 30.0. The molecule has 0 aliphatic carbocycles. The Morgan fingerprint density at radius 3 is 2.09 bits per heavy atom. The molecule has 0 aromatic carbocycles. The number of rotatable bonds is 20. The number of hydrogen-bond donors (Lipinski definition) is 1. The lowest BCUT2D eigenvalue weighted by molar-refractivity contribution is -0.0148. The molecule has 0 saturated carbocycles. The van der Waals surface area contributed by atoms with E-state index in [1.807, 2.05) is 6.08 Å². The number of aliphatic hydroxyl groups excluding tert-OH is 1. The van der Waals surface area contributed by atoms with E-state index >= 15 is 0 Å². The van der Waals surface area contributed by atoms with Crippen LogP contribution in [-0.4, -0.2) is 79.9 Å². The highest BCUT2D eigenvalue weighted by Gasteiger charge is 2.41. The van der Waals surface area contributed by atoms with Gasteiger partial charge in [0, 0.05) is 6.61 Å². The van der Waals surface area contributed by atoms with Crippen molar-refractivity contribution in [2.24, 2.45) is 5.92 Å². The Kier molecular flexibility index (Phi) is 19.1. The van der Waals surface area contributed by atoms with Gasteiger partial charge in [-0.3, -0.25) is 0 Å². The zero-order valence-electron chi connectivity index (χ0n) is 38.6. The zero-order chi connectivity index (χ0) is 42.0. The van der Waals surface area contributed by atoms with E-state index in [0.717, 1.165) is 45.1 Å². The molecule has 0 saturated heterocycles. The van der Waals surface area contributed by atoms with Crippen molar-refractivity contribution in [1.82, 2.24) is 0 Å². The van der Waals surface area contributed by atoms with E-state index in [2.05, 4.69) is 158 Å². The molecule has 9 heteroatoms. The summed E-state index contributed by atoms with van der Waals surface area (Å²) < 4.78 is 32.8. The standard InChI is InChI=1S/C46H86O6Si3/c1-35-27-29-48-39(32-35)25-26-43(52-55(17,18)46(10,11)12)42(47)24-20-23-41(51-54(15,16)45(7,8)9)34-37(3)31-36(2)33-40-22-19-21-38(50-40)28-30-49-53(13,14)44(4,5)6/h19-21,23,25-27,36,38-43,47H,3,22,24,28-34H2,1-2,4-18H3/t36-,38-,39+,40-,41?,42-,43-/m0/s1. The molecule has 55 heavy (non-hydrogen) atoms. The largest absolute Gasteiger partial charge is 0.417 e. The fourth-order valence-electron chi connectivity index (χ4n) is 6.19. The zero-order valence-corrected chi connectivity index (χ0v) is 41.6. The summed E-state index contributed by atoms with van der Waals surface area (Å²) >= 11 is 0. The Morgan fingerprint density at radius 2 is 1.51 bits per heavy atom. The first-order chi connectivity index (χ1) is 25.0. The van der Waals surface area contributed by atoms with Gasteiger partial charge >= 0.3 is 0 Å². The van der Waals surface area contributed by atoms with Gasteiger partial charge in [0.2, 0.25) is 0 Å². The van der Waals surface area contributed by atoms with Crippen molar-refractivity contribution in [1.29, 1.82) is 0 Å². The van der Waals surface area contributed by atoms with Crippen molar-refractivity contribution < 1.29 is 27.9 Å². The normalized spacial score (nSPS) is 23.2. The highest BCUT2D eigenvalue weighted by Crippen LogP contribution is 2.40. The number of hydrogen-bond acceptors (Lipinski definition) is 6. The second-order valence-corrected chi connectivity index (χ2v) is 35.7. The lowest BCUT2D eigenvalue weighted by Crippen LogP contribution is -2.46. The van der Waals surface area contributed by atoms with Crippen molar-refractivity contribution in [3.63, 3.8) is 0 Å². The molecule has 2 heterocycles.